The molecule has 88 valence electrons. The highest BCUT2D eigenvalue weighted by Crippen LogP contribution is 2.27. The molecule has 1 aromatic carbocycles. The highest BCUT2D eigenvalue weighted by atomic mass is 35.5. The minimum Gasteiger partial charge on any atom is -0.370 e. The van der Waals surface area contributed by atoms with Gasteiger partial charge in [-0.3, -0.25) is 0 Å². The summed E-state index contributed by atoms with van der Waals surface area (Å²) in [6.45, 7) is 2.83. The molecule has 0 atom stereocenters. The molecule has 2 aromatic rings. The molecule has 0 fully saturated rings. The van der Waals surface area contributed by atoms with E-state index < -0.39 is 0 Å². The number of hydrogen-bond donors (Lipinski definition) is 1. The van der Waals surface area contributed by atoms with E-state index in [1.807, 2.05) is 19.1 Å². The maximum absolute atomic E-state index is 5.97. The Bertz CT molecular complexity index is 529. The topological polar surface area (TPSA) is 37.8 Å². The van der Waals surface area contributed by atoms with Crippen molar-refractivity contribution in [2.24, 2.45) is 0 Å². The second-order valence-corrected chi connectivity index (χ2v) is 4.26. The molecule has 2 rings (SSSR count). The largest absolute Gasteiger partial charge is 0.370 e. The molecule has 1 heterocycles. The van der Waals surface area contributed by atoms with Crippen LogP contribution in [0.3, 0.4) is 0 Å². The van der Waals surface area contributed by atoms with E-state index in [4.69, 9.17) is 23.2 Å². The highest BCUT2D eigenvalue weighted by Gasteiger charge is 2.04. The van der Waals surface area contributed by atoms with Crippen LogP contribution in [0.1, 0.15) is 6.92 Å². The number of aromatic nitrogens is 2. The van der Waals surface area contributed by atoms with Crippen molar-refractivity contribution < 1.29 is 0 Å². The lowest BCUT2D eigenvalue weighted by atomic mass is 10.1. The molecule has 0 saturated carbocycles. The van der Waals surface area contributed by atoms with Crippen molar-refractivity contribution in [1.29, 1.82) is 0 Å². The Morgan fingerprint density at radius 1 is 1.12 bits per heavy atom. The van der Waals surface area contributed by atoms with Crippen LogP contribution in [0.4, 0.5) is 5.82 Å². The molecule has 17 heavy (non-hydrogen) atoms. The van der Waals surface area contributed by atoms with E-state index >= 15 is 0 Å². The van der Waals surface area contributed by atoms with Gasteiger partial charge in [-0.1, -0.05) is 29.3 Å². The number of nitrogens with one attached hydrogen (secondary N) is 1. The van der Waals surface area contributed by atoms with Crippen molar-refractivity contribution in [2.45, 2.75) is 6.92 Å². The van der Waals surface area contributed by atoms with Gasteiger partial charge in [-0.2, -0.15) is 0 Å². The summed E-state index contributed by atoms with van der Waals surface area (Å²) in [7, 11) is 0. The van der Waals surface area contributed by atoms with Gasteiger partial charge in [0.25, 0.3) is 0 Å². The van der Waals surface area contributed by atoms with E-state index in [0.29, 0.717) is 10.0 Å². The lowest BCUT2D eigenvalue weighted by molar-refractivity contribution is 1.11. The van der Waals surface area contributed by atoms with E-state index in [2.05, 4.69) is 15.3 Å². The smallest absolute Gasteiger partial charge is 0.129 e. The van der Waals surface area contributed by atoms with Gasteiger partial charge in [0.15, 0.2) is 0 Å². The zero-order valence-corrected chi connectivity index (χ0v) is 10.8. The van der Waals surface area contributed by atoms with Gasteiger partial charge in [0, 0.05) is 18.2 Å². The van der Waals surface area contributed by atoms with Crippen molar-refractivity contribution in [1.82, 2.24) is 9.97 Å². The first-order valence-electron chi connectivity index (χ1n) is 5.22. The van der Waals surface area contributed by atoms with Crippen LogP contribution in [-0.4, -0.2) is 16.5 Å². The minimum atomic E-state index is 0.521. The first-order chi connectivity index (χ1) is 8.20. The van der Waals surface area contributed by atoms with Gasteiger partial charge in [-0.25, -0.2) is 9.97 Å². The molecular weight excluding hydrogens is 257 g/mol. The van der Waals surface area contributed by atoms with Gasteiger partial charge in [0.2, 0.25) is 0 Å². The standard InChI is InChI=1S/C12H11Cl2N3/c1-2-15-12-6-11(16-7-17-12)8-3-4-9(13)10(14)5-8/h3-7H,2H2,1H3,(H,15,16,17). The Morgan fingerprint density at radius 2 is 1.94 bits per heavy atom. The average Bonchev–Trinajstić information content (AvgIpc) is 2.33. The van der Waals surface area contributed by atoms with Gasteiger partial charge >= 0.3 is 0 Å². The van der Waals surface area contributed by atoms with E-state index in [9.17, 15) is 0 Å². The normalized spacial score (nSPS) is 10.3. The second-order valence-electron chi connectivity index (χ2n) is 3.45. The van der Waals surface area contributed by atoms with Crippen LogP contribution in [0.15, 0.2) is 30.6 Å². The number of rotatable bonds is 3. The van der Waals surface area contributed by atoms with Gasteiger partial charge in [-0.05, 0) is 19.1 Å². The van der Waals surface area contributed by atoms with Crippen LogP contribution in [-0.2, 0) is 0 Å². The van der Waals surface area contributed by atoms with Crippen LogP contribution in [0.5, 0.6) is 0 Å². The van der Waals surface area contributed by atoms with E-state index in [1.165, 1.54) is 6.33 Å². The van der Waals surface area contributed by atoms with Crippen molar-refractivity contribution in [3.63, 3.8) is 0 Å². The fourth-order valence-corrected chi connectivity index (χ4v) is 1.75. The van der Waals surface area contributed by atoms with Gasteiger partial charge in [-0.15, -0.1) is 0 Å². The van der Waals surface area contributed by atoms with Crippen molar-refractivity contribution in [3.05, 3.63) is 40.6 Å². The number of halogens is 2. The van der Waals surface area contributed by atoms with Crippen LogP contribution in [0, 0.1) is 0 Å². The third-order valence-corrected chi connectivity index (χ3v) is 2.98. The molecule has 0 amide bonds. The maximum atomic E-state index is 5.97. The molecule has 5 heteroatoms. The summed E-state index contributed by atoms with van der Waals surface area (Å²) in [4.78, 5) is 8.32. The molecule has 3 nitrogen and oxygen atoms in total. The molecule has 1 aromatic heterocycles. The first kappa shape index (κ1) is 12.1. The van der Waals surface area contributed by atoms with Crippen molar-refractivity contribution in [3.8, 4) is 11.3 Å². The number of anilines is 1. The quantitative estimate of drug-likeness (QED) is 0.917. The molecule has 0 aliphatic rings. The predicted molar refractivity (Wildman–Crippen MR) is 71.7 cm³/mol. The Balaban J connectivity index is 2.38. The summed E-state index contributed by atoms with van der Waals surface area (Å²) in [5.74, 6) is 0.795. The third kappa shape index (κ3) is 2.87. The lowest BCUT2D eigenvalue weighted by Crippen LogP contribution is -1.99. The summed E-state index contributed by atoms with van der Waals surface area (Å²) in [5.41, 5.74) is 1.73. The number of nitrogens with zero attached hydrogens (tertiary/aromatic N) is 2. The van der Waals surface area contributed by atoms with Crippen molar-refractivity contribution in [2.75, 3.05) is 11.9 Å². The predicted octanol–water partition coefficient (Wildman–Crippen LogP) is 3.88. The fraction of sp³-hybridized carbons (Fsp3) is 0.167. The monoisotopic (exact) mass is 267 g/mol. The molecule has 0 bridgehead atoms. The summed E-state index contributed by atoms with van der Waals surface area (Å²) >= 11 is 11.8. The van der Waals surface area contributed by atoms with Gasteiger partial charge in [0.05, 0.1) is 15.7 Å². The Kier molecular flexibility index (Phi) is 3.82. The molecule has 0 saturated heterocycles. The second kappa shape index (κ2) is 5.34. The number of hydrogen-bond acceptors (Lipinski definition) is 3. The Labute approximate surface area is 110 Å². The number of benzene rings is 1. The summed E-state index contributed by atoms with van der Waals surface area (Å²) in [6.07, 6.45) is 1.52. The SMILES string of the molecule is CCNc1cc(-c2ccc(Cl)c(Cl)c2)ncn1. The molecule has 0 aliphatic heterocycles. The summed E-state index contributed by atoms with van der Waals surface area (Å²) in [5, 5.41) is 4.19. The molecule has 0 unspecified atom stereocenters. The Morgan fingerprint density at radius 3 is 2.65 bits per heavy atom. The zero-order chi connectivity index (χ0) is 12.3. The molecule has 0 aliphatic carbocycles. The molecule has 0 radical (unpaired) electrons. The van der Waals surface area contributed by atoms with Crippen LogP contribution < -0.4 is 5.32 Å². The van der Waals surface area contributed by atoms with E-state index in [0.717, 1.165) is 23.6 Å². The fourth-order valence-electron chi connectivity index (χ4n) is 1.45. The van der Waals surface area contributed by atoms with Gasteiger partial charge in [0.1, 0.15) is 12.1 Å². The molecule has 1 N–H and O–H groups in total. The average molecular weight is 268 g/mol. The Hall–Kier alpha value is -1.32. The summed E-state index contributed by atoms with van der Waals surface area (Å²) < 4.78 is 0. The highest BCUT2D eigenvalue weighted by molar-refractivity contribution is 6.42. The lowest BCUT2D eigenvalue weighted by Gasteiger charge is -2.05. The van der Waals surface area contributed by atoms with Crippen LogP contribution in [0.2, 0.25) is 10.0 Å². The minimum absolute atomic E-state index is 0.521. The van der Waals surface area contributed by atoms with Crippen molar-refractivity contribution >= 4 is 29.0 Å². The molecule has 0 spiro atoms. The summed E-state index contributed by atoms with van der Waals surface area (Å²) in [6, 6.07) is 7.31. The molecular formula is C12H11Cl2N3. The van der Waals surface area contributed by atoms with Crippen LogP contribution in [0.25, 0.3) is 11.3 Å². The zero-order valence-electron chi connectivity index (χ0n) is 9.24. The third-order valence-electron chi connectivity index (χ3n) is 2.24. The first-order valence-corrected chi connectivity index (χ1v) is 5.97. The maximum Gasteiger partial charge on any atom is 0.129 e. The van der Waals surface area contributed by atoms with Gasteiger partial charge < -0.3 is 5.32 Å². The van der Waals surface area contributed by atoms with E-state index in [-0.39, 0.29) is 0 Å². The van der Waals surface area contributed by atoms with Crippen LogP contribution >= 0.6 is 23.2 Å². The van der Waals surface area contributed by atoms with E-state index in [1.54, 1.807) is 12.1 Å².